The van der Waals surface area contributed by atoms with Gasteiger partial charge in [0.15, 0.2) is 0 Å². The van der Waals surface area contributed by atoms with Crippen LogP contribution in [0.1, 0.15) is 18.4 Å². The Hall–Kier alpha value is -1.77. The summed E-state index contributed by atoms with van der Waals surface area (Å²) >= 11 is 0. The molecule has 5 nitrogen and oxygen atoms in total. The number of rotatable bonds is 4. The van der Waals surface area contributed by atoms with Gasteiger partial charge in [0.05, 0.1) is 5.92 Å². The molecule has 0 aromatic heterocycles. The molecule has 106 valence electrons. The van der Waals surface area contributed by atoms with Crippen molar-refractivity contribution >= 4 is 21.7 Å². The first-order chi connectivity index (χ1) is 8.54. The highest BCUT2D eigenvalue weighted by molar-refractivity contribution is 7.93. The predicted octanol–water partition coefficient (Wildman–Crippen LogP) is 2.14. The van der Waals surface area contributed by atoms with E-state index >= 15 is 0 Å². The minimum absolute atomic E-state index is 0.293. The molecule has 0 saturated heterocycles. The molecule has 0 aliphatic heterocycles. The summed E-state index contributed by atoms with van der Waals surface area (Å²) in [6.45, 7) is 1.40. The van der Waals surface area contributed by atoms with Gasteiger partial charge in [-0.25, -0.2) is 0 Å². The zero-order valence-corrected chi connectivity index (χ0v) is 10.4. The van der Waals surface area contributed by atoms with Crippen LogP contribution in [0, 0.1) is 0 Å². The van der Waals surface area contributed by atoms with E-state index in [1.165, 1.54) is 23.8 Å². The van der Waals surface area contributed by atoms with Crippen molar-refractivity contribution in [2.75, 3.05) is 4.72 Å². The molecule has 0 aliphatic carbocycles. The SMILES string of the molecule is CC(C(=O)O)c1ccc(NS(=O)(=O)C(F)(F)F)cc1. The predicted molar refractivity (Wildman–Crippen MR) is 61.1 cm³/mol. The molecule has 1 aromatic carbocycles. The Kier molecular flexibility index (Phi) is 4.09. The van der Waals surface area contributed by atoms with E-state index in [0.29, 0.717) is 5.56 Å². The minimum atomic E-state index is -5.47. The lowest BCUT2D eigenvalue weighted by Crippen LogP contribution is -2.29. The van der Waals surface area contributed by atoms with Gasteiger partial charge in [-0.05, 0) is 24.6 Å². The van der Waals surface area contributed by atoms with Crippen LogP contribution >= 0.6 is 0 Å². The number of hydrogen-bond donors (Lipinski definition) is 2. The average molecular weight is 297 g/mol. The van der Waals surface area contributed by atoms with Crippen LogP contribution in [0.4, 0.5) is 18.9 Å². The van der Waals surface area contributed by atoms with E-state index in [2.05, 4.69) is 0 Å². The molecule has 1 aromatic rings. The number of anilines is 1. The standard InChI is InChI=1S/C10H10F3NO4S/c1-6(9(15)16)7-2-4-8(5-3-7)14-19(17,18)10(11,12)13/h2-6,14H,1H3,(H,15,16). The quantitative estimate of drug-likeness (QED) is 0.891. The summed E-state index contributed by atoms with van der Waals surface area (Å²) in [4.78, 5) is 10.7. The van der Waals surface area contributed by atoms with Gasteiger partial charge in [0.1, 0.15) is 0 Å². The first kappa shape index (κ1) is 15.3. The molecular formula is C10H10F3NO4S. The highest BCUT2D eigenvalue weighted by Gasteiger charge is 2.46. The highest BCUT2D eigenvalue weighted by Crippen LogP contribution is 2.26. The van der Waals surface area contributed by atoms with Gasteiger partial charge in [-0.1, -0.05) is 12.1 Å². The topological polar surface area (TPSA) is 83.5 Å². The lowest BCUT2D eigenvalue weighted by atomic mass is 10.0. The second-order valence-corrected chi connectivity index (χ2v) is 5.41. The van der Waals surface area contributed by atoms with Crippen molar-refractivity contribution in [2.24, 2.45) is 0 Å². The third-order valence-electron chi connectivity index (χ3n) is 2.34. The van der Waals surface area contributed by atoms with E-state index in [4.69, 9.17) is 5.11 Å². The number of halogens is 3. The van der Waals surface area contributed by atoms with E-state index in [-0.39, 0.29) is 5.69 Å². The molecule has 1 unspecified atom stereocenters. The second kappa shape index (κ2) is 5.08. The molecule has 9 heteroatoms. The van der Waals surface area contributed by atoms with Crippen molar-refractivity contribution in [1.29, 1.82) is 0 Å². The summed E-state index contributed by atoms with van der Waals surface area (Å²) < 4.78 is 59.3. The fourth-order valence-electron chi connectivity index (χ4n) is 1.20. The third kappa shape index (κ3) is 3.60. The summed E-state index contributed by atoms with van der Waals surface area (Å²) in [6, 6.07) is 4.62. The van der Waals surface area contributed by atoms with Crippen LogP contribution in [0.15, 0.2) is 24.3 Å². The lowest BCUT2D eigenvalue weighted by molar-refractivity contribution is -0.138. The number of hydrogen-bond acceptors (Lipinski definition) is 3. The third-order valence-corrected chi connectivity index (χ3v) is 3.45. The number of aliphatic carboxylic acids is 1. The molecule has 0 heterocycles. The van der Waals surface area contributed by atoms with Crippen LogP contribution in [0.5, 0.6) is 0 Å². The fourth-order valence-corrected chi connectivity index (χ4v) is 1.76. The highest BCUT2D eigenvalue weighted by atomic mass is 32.2. The molecule has 0 fully saturated rings. The van der Waals surface area contributed by atoms with Crippen molar-refractivity contribution in [1.82, 2.24) is 0 Å². The fraction of sp³-hybridized carbons (Fsp3) is 0.300. The van der Waals surface area contributed by atoms with Crippen LogP contribution in [-0.4, -0.2) is 25.0 Å². The van der Waals surface area contributed by atoms with E-state index in [9.17, 15) is 26.4 Å². The summed E-state index contributed by atoms with van der Waals surface area (Å²) in [5.74, 6) is -1.93. The second-order valence-electron chi connectivity index (χ2n) is 3.73. The molecule has 0 saturated carbocycles. The maximum absolute atomic E-state index is 12.1. The smallest absolute Gasteiger partial charge is 0.481 e. The summed E-state index contributed by atoms with van der Waals surface area (Å²) in [7, 11) is -5.47. The molecule has 0 radical (unpaired) electrons. The minimum Gasteiger partial charge on any atom is -0.481 e. The van der Waals surface area contributed by atoms with Gasteiger partial charge < -0.3 is 5.11 Å². The molecule has 0 bridgehead atoms. The molecule has 1 atom stereocenters. The Balaban J connectivity index is 2.93. The molecule has 0 spiro atoms. The number of alkyl halides is 3. The van der Waals surface area contributed by atoms with Crippen molar-refractivity contribution in [3.05, 3.63) is 29.8 Å². The first-order valence-electron chi connectivity index (χ1n) is 4.96. The largest absolute Gasteiger partial charge is 0.516 e. The van der Waals surface area contributed by atoms with Gasteiger partial charge in [0.2, 0.25) is 0 Å². The van der Waals surface area contributed by atoms with Crippen molar-refractivity contribution in [3.8, 4) is 0 Å². The van der Waals surface area contributed by atoms with Crippen LogP contribution < -0.4 is 4.72 Å². The van der Waals surface area contributed by atoms with Crippen LogP contribution in [0.3, 0.4) is 0 Å². The number of sulfonamides is 1. The van der Waals surface area contributed by atoms with Crippen LogP contribution in [0.25, 0.3) is 0 Å². The van der Waals surface area contributed by atoms with Gasteiger partial charge in [0.25, 0.3) is 0 Å². The molecule has 2 N–H and O–H groups in total. The van der Waals surface area contributed by atoms with Crippen LogP contribution in [-0.2, 0) is 14.8 Å². The molecule has 0 aliphatic rings. The average Bonchev–Trinajstić information content (AvgIpc) is 2.27. The number of carboxylic acid groups (broad SMARTS) is 1. The molecule has 1 rings (SSSR count). The van der Waals surface area contributed by atoms with Gasteiger partial charge >= 0.3 is 21.5 Å². The van der Waals surface area contributed by atoms with Crippen LogP contribution in [0.2, 0.25) is 0 Å². The zero-order chi connectivity index (χ0) is 14.8. The van der Waals surface area contributed by atoms with Gasteiger partial charge in [-0.3, -0.25) is 9.52 Å². The molecular weight excluding hydrogens is 287 g/mol. The Morgan fingerprint density at radius 2 is 1.74 bits per heavy atom. The lowest BCUT2D eigenvalue weighted by Gasteiger charge is -2.11. The Labute approximate surface area is 107 Å². The molecule has 0 amide bonds. The Morgan fingerprint density at radius 1 is 1.26 bits per heavy atom. The number of benzene rings is 1. The number of carboxylic acids is 1. The van der Waals surface area contributed by atoms with Gasteiger partial charge in [-0.15, -0.1) is 0 Å². The normalized spacial score (nSPS) is 13.9. The van der Waals surface area contributed by atoms with Gasteiger partial charge in [0, 0.05) is 5.69 Å². The van der Waals surface area contributed by atoms with E-state index in [0.717, 1.165) is 12.1 Å². The maximum atomic E-state index is 12.1. The molecule has 19 heavy (non-hydrogen) atoms. The Bertz CT molecular complexity index is 565. The summed E-state index contributed by atoms with van der Waals surface area (Å²) in [6.07, 6.45) is 0. The van der Waals surface area contributed by atoms with E-state index in [1.807, 2.05) is 0 Å². The number of nitrogens with one attached hydrogen (secondary N) is 1. The first-order valence-corrected chi connectivity index (χ1v) is 6.45. The van der Waals surface area contributed by atoms with Crippen molar-refractivity contribution in [3.63, 3.8) is 0 Å². The van der Waals surface area contributed by atoms with Gasteiger partial charge in [-0.2, -0.15) is 21.6 Å². The zero-order valence-electron chi connectivity index (χ0n) is 9.60. The van der Waals surface area contributed by atoms with E-state index < -0.39 is 27.4 Å². The maximum Gasteiger partial charge on any atom is 0.516 e. The monoisotopic (exact) mass is 297 g/mol. The van der Waals surface area contributed by atoms with E-state index in [1.54, 1.807) is 0 Å². The van der Waals surface area contributed by atoms with Crippen molar-refractivity contribution in [2.45, 2.75) is 18.3 Å². The summed E-state index contributed by atoms with van der Waals surface area (Å²) in [5.41, 5.74) is -5.35. The summed E-state index contributed by atoms with van der Waals surface area (Å²) in [5, 5.41) is 8.74. The van der Waals surface area contributed by atoms with Crippen molar-refractivity contribution < 1.29 is 31.5 Å². The number of carbonyl (C=O) groups is 1. The Morgan fingerprint density at radius 3 is 2.11 bits per heavy atom.